The summed E-state index contributed by atoms with van der Waals surface area (Å²) in [7, 11) is 0. The fourth-order valence-electron chi connectivity index (χ4n) is 1.83. The second-order valence-corrected chi connectivity index (χ2v) is 4.19. The number of rotatable bonds is 4. The van der Waals surface area contributed by atoms with Crippen molar-refractivity contribution in [2.45, 2.75) is 18.9 Å². The van der Waals surface area contributed by atoms with Crippen molar-refractivity contribution >= 4 is 11.6 Å². The van der Waals surface area contributed by atoms with Gasteiger partial charge in [0.15, 0.2) is 0 Å². The molecule has 1 aliphatic heterocycles. The lowest BCUT2D eigenvalue weighted by Gasteiger charge is -2.21. The molecule has 0 aromatic heterocycles. The molecular weight excluding hydrogens is 236 g/mol. The number of benzene rings is 1. The van der Waals surface area contributed by atoms with Gasteiger partial charge in [0.25, 0.3) is 0 Å². The van der Waals surface area contributed by atoms with Crippen LogP contribution in [0.3, 0.4) is 0 Å². The quantitative estimate of drug-likeness (QED) is 0.563. The van der Waals surface area contributed by atoms with Crippen LogP contribution in [-0.4, -0.2) is 35.4 Å². The van der Waals surface area contributed by atoms with Gasteiger partial charge in [0.1, 0.15) is 24.2 Å². The summed E-state index contributed by atoms with van der Waals surface area (Å²) in [4.78, 5) is 11.3. The van der Waals surface area contributed by atoms with E-state index in [-0.39, 0.29) is 24.8 Å². The van der Waals surface area contributed by atoms with Crippen LogP contribution >= 0.6 is 0 Å². The lowest BCUT2D eigenvalue weighted by atomic mass is 10.0. The molecule has 1 amide bonds. The molecule has 0 aliphatic carbocycles. The van der Waals surface area contributed by atoms with E-state index in [1.807, 2.05) is 0 Å². The summed E-state index contributed by atoms with van der Waals surface area (Å²) < 4.78 is 5.45. The van der Waals surface area contributed by atoms with Gasteiger partial charge >= 0.3 is 0 Å². The van der Waals surface area contributed by atoms with Crippen LogP contribution in [0.25, 0.3) is 0 Å². The van der Waals surface area contributed by atoms with E-state index in [0.29, 0.717) is 24.3 Å². The lowest BCUT2D eigenvalue weighted by Crippen LogP contribution is -2.27. The van der Waals surface area contributed by atoms with Gasteiger partial charge in [-0.1, -0.05) is 0 Å². The standard InChI is InChI=1S/C12H16N2O4/c13-5-7(15)6-18-10-3-2-9(16)12-8(10)1-4-11(17)14-12/h2-3,7,15-16H,1,4-6,13H2,(H,14,17)/t7-/m0/s1. The maximum atomic E-state index is 11.3. The number of aliphatic hydroxyl groups is 1. The summed E-state index contributed by atoms with van der Waals surface area (Å²) >= 11 is 0. The third-order valence-corrected chi connectivity index (χ3v) is 2.82. The molecule has 6 heteroatoms. The number of hydrogen-bond acceptors (Lipinski definition) is 5. The van der Waals surface area contributed by atoms with Crippen LogP contribution < -0.4 is 15.8 Å². The second kappa shape index (κ2) is 5.24. The first kappa shape index (κ1) is 12.7. The van der Waals surface area contributed by atoms with Gasteiger partial charge in [0, 0.05) is 18.5 Å². The third kappa shape index (κ3) is 2.55. The zero-order valence-electron chi connectivity index (χ0n) is 9.85. The molecule has 5 N–H and O–H groups in total. The van der Waals surface area contributed by atoms with Gasteiger partial charge in [-0.15, -0.1) is 0 Å². The molecule has 1 atom stereocenters. The highest BCUT2D eigenvalue weighted by molar-refractivity contribution is 5.96. The van der Waals surface area contributed by atoms with Crippen LogP contribution in [0.5, 0.6) is 11.5 Å². The number of aliphatic hydroxyl groups excluding tert-OH is 1. The van der Waals surface area contributed by atoms with Gasteiger partial charge in [0.05, 0.1) is 5.69 Å². The minimum absolute atomic E-state index is 0.0183. The number of nitrogens with one attached hydrogen (secondary N) is 1. The van der Waals surface area contributed by atoms with Crippen LogP contribution in [0.1, 0.15) is 12.0 Å². The molecule has 0 unspecified atom stereocenters. The summed E-state index contributed by atoms with van der Waals surface area (Å²) in [6, 6.07) is 3.07. The normalized spacial score (nSPS) is 15.8. The van der Waals surface area contributed by atoms with E-state index < -0.39 is 6.10 Å². The average Bonchev–Trinajstić information content (AvgIpc) is 2.38. The van der Waals surface area contributed by atoms with Gasteiger partial charge in [-0.05, 0) is 18.6 Å². The van der Waals surface area contributed by atoms with Gasteiger partial charge in [-0.3, -0.25) is 4.79 Å². The highest BCUT2D eigenvalue weighted by Crippen LogP contribution is 2.37. The van der Waals surface area contributed by atoms with Crippen LogP contribution in [0.15, 0.2) is 12.1 Å². The number of anilines is 1. The first-order chi connectivity index (χ1) is 8.61. The Morgan fingerprint density at radius 3 is 2.94 bits per heavy atom. The molecular formula is C12H16N2O4. The zero-order chi connectivity index (χ0) is 13.1. The Labute approximate surface area is 104 Å². The molecule has 1 heterocycles. The van der Waals surface area contributed by atoms with Crippen LogP contribution in [0, 0.1) is 0 Å². The molecule has 0 bridgehead atoms. The van der Waals surface area contributed by atoms with Crippen molar-refractivity contribution in [2.75, 3.05) is 18.5 Å². The van der Waals surface area contributed by atoms with Crippen molar-refractivity contribution < 1.29 is 19.7 Å². The molecule has 0 spiro atoms. The number of hydrogen-bond donors (Lipinski definition) is 4. The van der Waals surface area contributed by atoms with Crippen molar-refractivity contribution in [3.8, 4) is 11.5 Å². The maximum Gasteiger partial charge on any atom is 0.224 e. The first-order valence-electron chi connectivity index (χ1n) is 5.77. The number of nitrogens with two attached hydrogens (primary N) is 1. The van der Waals surface area contributed by atoms with Crippen molar-refractivity contribution in [1.29, 1.82) is 0 Å². The van der Waals surface area contributed by atoms with Crippen molar-refractivity contribution in [1.82, 2.24) is 0 Å². The predicted molar refractivity (Wildman–Crippen MR) is 65.6 cm³/mol. The van der Waals surface area contributed by atoms with E-state index in [1.165, 1.54) is 6.07 Å². The molecule has 1 aromatic carbocycles. The van der Waals surface area contributed by atoms with Gasteiger partial charge < -0.3 is 26.0 Å². The molecule has 18 heavy (non-hydrogen) atoms. The van der Waals surface area contributed by atoms with E-state index in [1.54, 1.807) is 6.07 Å². The van der Waals surface area contributed by atoms with Crippen molar-refractivity contribution in [3.63, 3.8) is 0 Å². The highest BCUT2D eigenvalue weighted by Gasteiger charge is 2.22. The summed E-state index contributed by atoms with van der Waals surface area (Å²) in [5.74, 6) is 0.442. The number of carbonyl (C=O) groups excluding carboxylic acids is 1. The Morgan fingerprint density at radius 2 is 2.22 bits per heavy atom. The Hall–Kier alpha value is -1.79. The van der Waals surface area contributed by atoms with E-state index in [0.717, 1.165) is 5.56 Å². The minimum atomic E-state index is -0.729. The maximum absolute atomic E-state index is 11.3. The highest BCUT2D eigenvalue weighted by atomic mass is 16.5. The molecule has 1 aromatic rings. The topological polar surface area (TPSA) is 105 Å². The van der Waals surface area contributed by atoms with Crippen molar-refractivity contribution in [2.24, 2.45) is 5.73 Å². The van der Waals surface area contributed by atoms with Gasteiger partial charge in [0.2, 0.25) is 5.91 Å². The first-order valence-corrected chi connectivity index (χ1v) is 5.77. The van der Waals surface area contributed by atoms with Crippen molar-refractivity contribution in [3.05, 3.63) is 17.7 Å². The Bertz CT molecular complexity index is 462. The Morgan fingerprint density at radius 1 is 1.44 bits per heavy atom. The predicted octanol–water partition coefficient (Wildman–Crippen LogP) is -0.0247. The number of ether oxygens (including phenoxy) is 1. The average molecular weight is 252 g/mol. The van der Waals surface area contributed by atoms with Crippen LogP contribution in [0.4, 0.5) is 5.69 Å². The number of carbonyl (C=O) groups is 1. The summed E-state index contributed by atoms with van der Waals surface area (Å²) in [6.07, 6.45) is 0.128. The number of phenols is 1. The van der Waals surface area contributed by atoms with E-state index in [2.05, 4.69) is 5.32 Å². The van der Waals surface area contributed by atoms with Crippen LogP contribution in [0.2, 0.25) is 0 Å². The molecule has 98 valence electrons. The number of phenolic OH excluding ortho intramolecular Hbond substituents is 1. The summed E-state index contributed by atoms with van der Waals surface area (Å²) in [5, 5.41) is 21.6. The fraction of sp³-hybridized carbons (Fsp3) is 0.417. The van der Waals surface area contributed by atoms with Gasteiger partial charge in [-0.25, -0.2) is 0 Å². The number of amides is 1. The largest absolute Gasteiger partial charge is 0.506 e. The summed E-state index contributed by atoms with van der Waals surface area (Å²) in [5.41, 5.74) is 6.43. The van der Waals surface area contributed by atoms with E-state index in [9.17, 15) is 15.0 Å². The molecule has 0 saturated carbocycles. The smallest absolute Gasteiger partial charge is 0.224 e. The number of aromatic hydroxyl groups is 1. The number of fused-ring (bicyclic) bond motifs is 1. The molecule has 0 saturated heterocycles. The lowest BCUT2D eigenvalue weighted by molar-refractivity contribution is -0.116. The molecule has 6 nitrogen and oxygen atoms in total. The molecule has 2 rings (SSSR count). The fourth-order valence-corrected chi connectivity index (χ4v) is 1.83. The monoisotopic (exact) mass is 252 g/mol. The van der Waals surface area contributed by atoms with E-state index >= 15 is 0 Å². The Kier molecular flexibility index (Phi) is 3.69. The zero-order valence-corrected chi connectivity index (χ0v) is 9.85. The SMILES string of the molecule is NC[C@H](O)COc1ccc(O)c2c1CCC(=O)N2. The molecule has 0 fully saturated rings. The van der Waals surface area contributed by atoms with Gasteiger partial charge in [-0.2, -0.15) is 0 Å². The molecule has 0 radical (unpaired) electrons. The second-order valence-electron chi connectivity index (χ2n) is 4.19. The van der Waals surface area contributed by atoms with E-state index in [4.69, 9.17) is 10.5 Å². The summed E-state index contributed by atoms with van der Waals surface area (Å²) in [6.45, 7) is 0.207. The third-order valence-electron chi connectivity index (χ3n) is 2.82. The van der Waals surface area contributed by atoms with Crippen LogP contribution in [-0.2, 0) is 11.2 Å². The minimum Gasteiger partial charge on any atom is -0.506 e. The Balaban J connectivity index is 2.22. The molecule has 1 aliphatic rings.